The van der Waals surface area contributed by atoms with E-state index in [1.54, 1.807) is 10.6 Å². The molecule has 0 spiro atoms. The van der Waals surface area contributed by atoms with E-state index in [-0.39, 0.29) is 16.5 Å². The molecule has 0 aliphatic carbocycles. The summed E-state index contributed by atoms with van der Waals surface area (Å²) >= 11 is 9.20. The van der Waals surface area contributed by atoms with Crippen LogP contribution in [0.1, 0.15) is 27.8 Å². The Morgan fingerprint density at radius 3 is 2.67 bits per heavy atom. The highest BCUT2D eigenvalue weighted by Gasteiger charge is 2.14. The van der Waals surface area contributed by atoms with Gasteiger partial charge in [0, 0.05) is 22.9 Å². The molecule has 0 aliphatic rings. The van der Waals surface area contributed by atoms with Crippen LogP contribution in [0.2, 0.25) is 5.02 Å². The lowest BCUT2D eigenvalue weighted by atomic mass is 10.2. The normalized spacial score (nSPS) is 10.4. The Balaban J connectivity index is 2.23. The molecule has 1 aromatic carbocycles. The summed E-state index contributed by atoms with van der Waals surface area (Å²) in [4.78, 5) is 23.1. The molecule has 1 amide bonds. The van der Waals surface area contributed by atoms with Gasteiger partial charge in [-0.1, -0.05) is 11.6 Å². The first-order chi connectivity index (χ1) is 9.92. The number of aromatic nitrogens is 1. The van der Waals surface area contributed by atoms with Crippen molar-refractivity contribution in [3.8, 4) is 0 Å². The molecule has 5 nitrogen and oxygen atoms in total. The highest BCUT2D eigenvalue weighted by Crippen LogP contribution is 2.22. The third-order valence-electron chi connectivity index (χ3n) is 2.89. The molecule has 0 atom stereocenters. The van der Waals surface area contributed by atoms with Crippen LogP contribution in [0.4, 0.5) is 5.69 Å². The zero-order valence-electron chi connectivity index (χ0n) is 11.1. The van der Waals surface area contributed by atoms with E-state index in [1.807, 2.05) is 13.1 Å². The first kappa shape index (κ1) is 15.6. The lowest BCUT2D eigenvalue weighted by molar-refractivity contribution is 0.0697. The molecule has 0 aliphatic heterocycles. The molecule has 1 aromatic heterocycles. The van der Waals surface area contributed by atoms with Gasteiger partial charge in [-0.15, -0.1) is 0 Å². The van der Waals surface area contributed by atoms with Gasteiger partial charge in [0.2, 0.25) is 0 Å². The maximum Gasteiger partial charge on any atom is 0.337 e. The number of carbonyl (C=O) groups excluding carboxylic acids is 1. The molecule has 1 heterocycles. The number of carbonyl (C=O) groups is 2. The molecule has 0 unspecified atom stereocenters. The van der Waals surface area contributed by atoms with Gasteiger partial charge in [0.25, 0.3) is 5.91 Å². The molecule has 0 saturated heterocycles. The van der Waals surface area contributed by atoms with Gasteiger partial charge in [0.05, 0.1) is 10.6 Å². The van der Waals surface area contributed by atoms with Crippen LogP contribution >= 0.6 is 27.5 Å². The van der Waals surface area contributed by atoms with Crippen LogP contribution < -0.4 is 5.32 Å². The molecule has 2 rings (SSSR count). The molecule has 0 radical (unpaired) electrons. The quantitative estimate of drug-likeness (QED) is 0.857. The second kappa shape index (κ2) is 6.32. The minimum atomic E-state index is -1.11. The maximum atomic E-state index is 12.2. The van der Waals surface area contributed by atoms with Crippen LogP contribution in [-0.2, 0) is 6.54 Å². The van der Waals surface area contributed by atoms with Crippen molar-refractivity contribution in [1.82, 2.24) is 4.57 Å². The molecule has 2 aromatic rings. The summed E-state index contributed by atoms with van der Waals surface area (Å²) in [5.74, 6) is -1.40. The monoisotopic (exact) mass is 370 g/mol. The van der Waals surface area contributed by atoms with E-state index >= 15 is 0 Å². The lowest BCUT2D eigenvalue weighted by Gasteiger charge is -2.08. The van der Waals surface area contributed by atoms with Crippen molar-refractivity contribution in [3.63, 3.8) is 0 Å². The van der Waals surface area contributed by atoms with Crippen molar-refractivity contribution >= 4 is 45.1 Å². The van der Waals surface area contributed by atoms with Gasteiger partial charge in [-0.05, 0) is 47.1 Å². The standard InChI is InChI=1S/C14H12BrClN2O3/c1-2-18-7-8(15)5-12(18)13(19)17-9-3-4-10(14(20)21)11(16)6-9/h3-7H,2H2,1H3,(H,17,19)(H,20,21). The first-order valence-corrected chi connectivity index (χ1v) is 7.29. The summed E-state index contributed by atoms with van der Waals surface area (Å²) in [6.45, 7) is 2.59. The smallest absolute Gasteiger partial charge is 0.337 e. The van der Waals surface area contributed by atoms with E-state index < -0.39 is 5.97 Å². The predicted molar refractivity (Wildman–Crippen MR) is 84.2 cm³/mol. The molecule has 2 N–H and O–H groups in total. The highest BCUT2D eigenvalue weighted by molar-refractivity contribution is 9.10. The van der Waals surface area contributed by atoms with Gasteiger partial charge in [-0.2, -0.15) is 0 Å². The molecule has 7 heteroatoms. The second-order valence-corrected chi connectivity index (χ2v) is 5.61. The number of hydrogen-bond donors (Lipinski definition) is 2. The highest BCUT2D eigenvalue weighted by atomic mass is 79.9. The zero-order valence-corrected chi connectivity index (χ0v) is 13.4. The van der Waals surface area contributed by atoms with Crippen molar-refractivity contribution < 1.29 is 14.7 Å². The van der Waals surface area contributed by atoms with Gasteiger partial charge >= 0.3 is 5.97 Å². The summed E-state index contributed by atoms with van der Waals surface area (Å²) in [5, 5.41) is 11.7. The van der Waals surface area contributed by atoms with E-state index in [9.17, 15) is 9.59 Å². The third kappa shape index (κ3) is 3.46. The number of carboxylic acids is 1. The Bertz CT molecular complexity index is 712. The first-order valence-electron chi connectivity index (χ1n) is 6.12. The predicted octanol–water partition coefficient (Wildman–Crippen LogP) is 3.87. The number of carboxylic acid groups (broad SMARTS) is 1. The van der Waals surface area contributed by atoms with Crippen molar-refractivity contribution in [2.75, 3.05) is 5.32 Å². The van der Waals surface area contributed by atoms with E-state index in [1.165, 1.54) is 18.2 Å². The Morgan fingerprint density at radius 1 is 1.38 bits per heavy atom. The number of halogens is 2. The molecule has 110 valence electrons. The summed E-state index contributed by atoms with van der Waals surface area (Å²) in [5.41, 5.74) is 0.937. The SMILES string of the molecule is CCn1cc(Br)cc1C(=O)Nc1ccc(C(=O)O)c(Cl)c1. The number of aromatic carboxylic acids is 1. The molecule has 0 bridgehead atoms. The van der Waals surface area contributed by atoms with E-state index in [2.05, 4.69) is 21.2 Å². The van der Waals surface area contributed by atoms with Gasteiger partial charge in [0.1, 0.15) is 5.69 Å². The lowest BCUT2D eigenvalue weighted by Crippen LogP contribution is -2.16. The fourth-order valence-electron chi connectivity index (χ4n) is 1.89. The number of nitrogens with zero attached hydrogens (tertiary/aromatic N) is 1. The fourth-order valence-corrected chi connectivity index (χ4v) is 2.61. The number of anilines is 1. The van der Waals surface area contributed by atoms with Crippen LogP contribution in [-0.4, -0.2) is 21.6 Å². The van der Waals surface area contributed by atoms with Crippen molar-refractivity contribution in [2.45, 2.75) is 13.5 Å². The van der Waals surface area contributed by atoms with E-state index in [4.69, 9.17) is 16.7 Å². The van der Waals surface area contributed by atoms with Crippen LogP contribution in [0, 0.1) is 0 Å². The number of nitrogens with one attached hydrogen (secondary N) is 1. The van der Waals surface area contributed by atoms with Crippen LogP contribution in [0.15, 0.2) is 34.9 Å². The number of amides is 1. The largest absolute Gasteiger partial charge is 0.478 e. The summed E-state index contributed by atoms with van der Waals surface area (Å²) in [6.07, 6.45) is 1.81. The van der Waals surface area contributed by atoms with Crippen molar-refractivity contribution in [1.29, 1.82) is 0 Å². The van der Waals surface area contributed by atoms with Crippen LogP contribution in [0.25, 0.3) is 0 Å². The van der Waals surface area contributed by atoms with Gasteiger partial charge in [-0.3, -0.25) is 4.79 Å². The maximum absolute atomic E-state index is 12.2. The molecule has 21 heavy (non-hydrogen) atoms. The third-order valence-corrected chi connectivity index (χ3v) is 3.64. The molecule has 0 saturated carbocycles. The summed E-state index contributed by atoms with van der Waals surface area (Å²) in [6, 6.07) is 5.99. The van der Waals surface area contributed by atoms with E-state index in [0.29, 0.717) is 17.9 Å². The minimum Gasteiger partial charge on any atom is -0.478 e. The van der Waals surface area contributed by atoms with Gasteiger partial charge < -0.3 is 15.0 Å². The topological polar surface area (TPSA) is 71.3 Å². The van der Waals surface area contributed by atoms with E-state index in [0.717, 1.165) is 4.47 Å². The number of benzene rings is 1. The van der Waals surface area contributed by atoms with Crippen LogP contribution in [0.3, 0.4) is 0 Å². The average Bonchev–Trinajstić information content (AvgIpc) is 2.79. The van der Waals surface area contributed by atoms with Crippen LogP contribution in [0.5, 0.6) is 0 Å². The summed E-state index contributed by atoms with van der Waals surface area (Å²) < 4.78 is 2.61. The van der Waals surface area contributed by atoms with Crippen molar-refractivity contribution in [3.05, 3.63) is 51.2 Å². The Hall–Kier alpha value is -1.79. The zero-order chi connectivity index (χ0) is 15.6. The average molecular weight is 372 g/mol. The molecular weight excluding hydrogens is 360 g/mol. The Labute approximate surface area is 134 Å². The number of hydrogen-bond acceptors (Lipinski definition) is 2. The molecular formula is C14H12BrClN2O3. The minimum absolute atomic E-state index is 0.00524. The number of aryl methyl sites for hydroxylation is 1. The van der Waals surface area contributed by atoms with Gasteiger partial charge in [0.15, 0.2) is 0 Å². The Morgan fingerprint density at radius 2 is 2.10 bits per heavy atom. The Kier molecular flexibility index (Phi) is 4.69. The van der Waals surface area contributed by atoms with Crippen molar-refractivity contribution in [2.24, 2.45) is 0 Å². The van der Waals surface area contributed by atoms with Gasteiger partial charge in [-0.25, -0.2) is 4.79 Å². The fraction of sp³-hybridized carbons (Fsp3) is 0.143. The molecule has 0 fully saturated rings. The summed E-state index contributed by atoms with van der Waals surface area (Å²) in [7, 11) is 0. The number of rotatable bonds is 4. The second-order valence-electron chi connectivity index (χ2n) is 4.28.